The number of rotatable bonds is 4. The number of amides is 1. The summed E-state index contributed by atoms with van der Waals surface area (Å²) in [5.41, 5.74) is 0. The lowest BCUT2D eigenvalue weighted by Crippen LogP contribution is -2.31. The molecule has 0 spiro atoms. The second-order valence-electron chi connectivity index (χ2n) is 3.18. The Morgan fingerprint density at radius 3 is 2.65 bits per heavy atom. The Balaban J connectivity index is 2.54. The molecule has 9 heteroatoms. The molecule has 0 bridgehead atoms. The topological polar surface area (TPSA) is 58.1 Å². The molecule has 0 radical (unpaired) electrons. The molecule has 1 aromatic rings. The number of nitrogens with zero attached hydrogens (tertiary/aromatic N) is 3. The standard InChI is InChI=1S/C8H11F3N4OS/c1-3-15(2)5(16)4-12-7-13-6(14-17-7)8(9,10)11/h3-4H2,1-2H3,(H,12,13,14). The quantitative estimate of drug-likeness (QED) is 0.898. The van der Waals surface area contributed by atoms with E-state index in [4.69, 9.17) is 0 Å². The fourth-order valence-corrected chi connectivity index (χ4v) is 1.45. The van der Waals surface area contributed by atoms with Gasteiger partial charge in [-0.1, -0.05) is 0 Å². The van der Waals surface area contributed by atoms with Crippen molar-refractivity contribution in [3.8, 4) is 0 Å². The number of nitrogens with one attached hydrogen (secondary N) is 1. The molecular formula is C8H11F3N4OS. The molecule has 1 N–H and O–H groups in total. The minimum atomic E-state index is -4.55. The van der Waals surface area contributed by atoms with Gasteiger partial charge in [-0.05, 0) is 6.92 Å². The van der Waals surface area contributed by atoms with Crippen molar-refractivity contribution >= 4 is 22.6 Å². The highest BCUT2D eigenvalue weighted by Gasteiger charge is 2.36. The van der Waals surface area contributed by atoms with Crippen molar-refractivity contribution in [1.29, 1.82) is 0 Å². The largest absolute Gasteiger partial charge is 0.452 e. The fraction of sp³-hybridized carbons (Fsp3) is 0.625. The minimum Gasteiger partial charge on any atom is -0.351 e. The van der Waals surface area contributed by atoms with Gasteiger partial charge in [0.25, 0.3) is 0 Å². The maximum Gasteiger partial charge on any atom is 0.452 e. The summed E-state index contributed by atoms with van der Waals surface area (Å²) in [6, 6.07) is 0. The summed E-state index contributed by atoms with van der Waals surface area (Å²) in [5, 5.41) is 2.49. The van der Waals surface area contributed by atoms with Crippen molar-refractivity contribution in [2.24, 2.45) is 0 Å². The first kappa shape index (κ1) is 13.7. The van der Waals surface area contributed by atoms with Crippen molar-refractivity contribution in [3.63, 3.8) is 0 Å². The zero-order chi connectivity index (χ0) is 13.1. The summed E-state index contributed by atoms with van der Waals surface area (Å²) in [4.78, 5) is 16.0. The Morgan fingerprint density at radius 2 is 2.18 bits per heavy atom. The molecule has 1 amide bonds. The van der Waals surface area contributed by atoms with Crippen molar-refractivity contribution in [2.75, 3.05) is 25.5 Å². The molecule has 1 rings (SSSR count). The molecule has 0 aromatic carbocycles. The number of aromatic nitrogens is 2. The number of carbonyl (C=O) groups is 1. The predicted octanol–water partition coefficient (Wildman–Crippen LogP) is 1.45. The van der Waals surface area contributed by atoms with Gasteiger partial charge in [-0.15, -0.1) is 0 Å². The highest BCUT2D eigenvalue weighted by Crippen LogP contribution is 2.28. The Labute approximate surface area is 99.8 Å². The van der Waals surface area contributed by atoms with Crippen molar-refractivity contribution < 1.29 is 18.0 Å². The molecule has 0 unspecified atom stereocenters. The van der Waals surface area contributed by atoms with Gasteiger partial charge in [0, 0.05) is 25.1 Å². The molecule has 0 aliphatic heterocycles. The highest BCUT2D eigenvalue weighted by atomic mass is 32.1. The van der Waals surface area contributed by atoms with Crippen LogP contribution in [0.1, 0.15) is 12.7 Å². The van der Waals surface area contributed by atoms with Gasteiger partial charge < -0.3 is 10.2 Å². The first-order valence-corrected chi connectivity index (χ1v) is 5.50. The maximum atomic E-state index is 12.2. The van der Waals surface area contributed by atoms with E-state index in [9.17, 15) is 18.0 Å². The monoisotopic (exact) mass is 268 g/mol. The van der Waals surface area contributed by atoms with Crippen molar-refractivity contribution in [2.45, 2.75) is 13.1 Å². The number of hydrogen-bond donors (Lipinski definition) is 1. The molecule has 5 nitrogen and oxygen atoms in total. The summed E-state index contributed by atoms with van der Waals surface area (Å²) >= 11 is 0.575. The predicted molar refractivity (Wildman–Crippen MR) is 56.7 cm³/mol. The number of anilines is 1. The smallest absolute Gasteiger partial charge is 0.351 e. The van der Waals surface area contributed by atoms with E-state index in [0.29, 0.717) is 18.1 Å². The first-order valence-electron chi connectivity index (χ1n) is 4.73. The van der Waals surface area contributed by atoms with Gasteiger partial charge in [-0.3, -0.25) is 4.79 Å². The van der Waals surface area contributed by atoms with Crippen molar-refractivity contribution in [3.05, 3.63) is 5.82 Å². The average Bonchev–Trinajstić information content (AvgIpc) is 2.72. The molecule has 0 aliphatic rings. The average molecular weight is 268 g/mol. The molecule has 17 heavy (non-hydrogen) atoms. The van der Waals surface area contributed by atoms with Gasteiger partial charge in [0.2, 0.25) is 16.9 Å². The van der Waals surface area contributed by atoms with Crippen LogP contribution < -0.4 is 5.32 Å². The number of carbonyl (C=O) groups excluding carboxylic acids is 1. The Bertz CT molecular complexity index is 392. The van der Waals surface area contributed by atoms with Crippen LogP contribution in [0.5, 0.6) is 0 Å². The highest BCUT2D eigenvalue weighted by molar-refractivity contribution is 7.09. The van der Waals surface area contributed by atoms with Crippen LogP contribution >= 0.6 is 11.5 Å². The number of hydrogen-bond acceptors (Lipinski definition) is 5. The molecule has 96 valence electrons. The van der Waals surface area contributed by atoms with Gasteiger partial charge in [0.1, 0.15) is 0 Å². The van der Waals surface area contributed by atoms with Crippen LogP contribution in [0.3, 0.4) is 0 Å². The van der Waals surface area contributed by atoms with Gasteiger partial charge in [-0.25, -0.2) is 0 Å². The third kappa shape index (κ3) is 3.84. The summed E-state index contributed by atoms with van der Waals surface area (Å²) in [6.07, 6.45) is -4.55. The molecule has 0 saturated heterocycles. The van der Waals surface area contributed by atoms with Gasteiger partial charge in [0.05, 0.1) is 6.54 Å². The molecule has 0 atom stereocenters. The van der Waals surface area contributed by atoms with Crippen LogP contribution in [0.4, 0.5) is 18.3 Å². The van der Waals surface area contributed by atoms with E-state index >= 15 is 0 Å². The number of likely N-dealkylation sites (N-methyl/N-ethyl adjacent to an activating group) is 1. The number of halogens is 3. The zero-order valence-corrected chi connectivity index (χ0v) is 10.0. The molecule has 1 heterocycles. The minimum absolute atomic E-state index is 0.0184. The van der Waals surface area contributed by atoms with Gasteiger partial charge in [-0.2, -0.15) is 22.5 Å². The number of alkyl halides is 3. The summed E-state index contributed by atoms with van der Waals surface area (Å²) in [6.45, 7) is 2.23. The fourth-order valence-electron chi connectivity index (χ4n) is 0.873. The lowest BCUT2D eigenvalue weighted by Gasteiger charge is -2.13. The molecule has 0 aliphatic carbocycles. The van der Waals surface area contributed by atoms with E-state index in [1.54, 1.807) is 14.0 Å². The zero-order valence-electron chi connectivity index (χ0n) is 9.21. The van der Waals surface area contributed by atoms with Crippen LogP contribution in [-0.2, 0) is 11.0 Å². The normalized spacial score (nSPS) is 11.4. The van der Waals surface area contributed by atoms with Crippen LogP contribution in [0.2, 0.25) is 0 Å². The first-order chi connectivity index (χ1) is 7.84. The summed E-state index contributed by atoms with van der Waals surface area (Å²) in [7, 11) is 1.60. The molecule has 1 aromatic heterocycles. The second-order valence-corrected chi connectivity index (χ2v) is 3.93. The lowest BCUT2D eigenvalue weighted by atomic mass is 10.5. The Hall–Kier alpha value is -1.38. The molecule has 0 saturated carbocycles. The summed E-state index contributed by atoms with van der Waals surface area (Å²) < 4.78 is 39.6. The maximum absolute atomic E-state index is 12.2. The van der Waals surface area contributed by atoms with Crippen LogP contribution in [0.25, 0.3) is 0 Å². The van der Waals surface area contributed by atoms with E-state index < -0.39 is 12.0 Å². The van der Waals surface area contributed by atoms with E-state index in [0.717, 1.165) is 0 Å². The van der Waals surface area contributed by atoms with Gasteiger partial charge >= 0.3 is 6.18 Å². The second kappa shape index (κ2) is 5.30. The SMILES string of the molecule is CCN(C)C(=O)CNc1nc(C(F)(F)F)ns1. The van der Waals surface area contributed by atoms with Gasteiger partial charge in [0.15, 0.2) is 0 Å². The van der Waals surface area contributed by atoms with E-state index in [2.05, 4.69) is 14.7 Å². The Morgan fingerprint density at radius 1 is 1.53 bits per heavy atom. The van der Waals surface area contributed by atoms with E-state index in [1.165, 1.54) is 4.90 Å². The van der Waals surface area contributed by atoms with E-state index in [-0.39, 0.29) is 17.6 Å². The van der Waals surface area contributed by atoms with Crippen LogP contribution in [0, 0.1) is 0 Å². The third-order valence-corrected chi connectivity index (χ3v) is 2.64. The molecule has 0 fully saturated rings. The lowest BCUT2D eigenvalue weighted by molar-refractivity contribution is -0.144. The van der Waals surface area contributed by atoms with Crippen molar-refractivity contribution in [1.82, 2.24) is 14.3 Å². The van der Waals surface area contributed by atoms with E-state index in [1.807, 2.05) is 0 Å². The Kier molecular flexibility index (Phi) is 4.27. The molecular weight excluding hydrogens is 257 g/mol. The van der Waals surface area contributed by atoms with Crippen LogP contribution in [0.15, 0.2) is 0 Å². The van der Waals surface area contributed by atoms with Crippen LogP contribution in [-0.4, -0.2) is 40.3 Å². The third-order valence-electron chi connectivity index (χ3n) is 1.97. The summed E-state index contributed by atoms with van der Waals surface area (Å²) in [5.74, 6) is -1.42.